The lowest BCUT2D eigenvalue weighted by atomic mass is 10.0. The van der Waals surface area contributed by atoms with Crippen LogP contribution in [0.3, 0.4) is 0 Å². The lowest BCUT2D eigenvalue weighted by Gasteiger charge is -2.32. The van der Waals surface area contributed by atoms with Gasteiger partial charge in [-0.2, -0.15) is 0 Å². The fraction of sp³-hybridized carbons (Fsp3) is 0.500. The number of hydrogen-bond acceptors (Lipinski definition) is 3. The number of nitrogens with one attached hydrogen (secondary N) is 1. The third-order valence-electron chi connectivity index (χ3n) is 5.04. The first-order valence-corrected chi connectivity index (χ1v) is 10.2. The molecule has 0 aromatic carbocycles. The first kappa shape index (κ1) is 18.7. The molecular formula is C20H27N3O2S. The highest BCUT2D eigenvalue weighted by Crippen LogP contribution is 2.32. The lowest BCUT2D eigenvalue weighted by molar-refractivity contribution is -0.134. The van der Waals surface area contributed by atoms with Gasteiger partial charge in [0.15, 0.2) is 0 Å². The molecule has 3 heterocycles. The van der Waals surface area contributed by atoms with Crippen molar-refractivity contribution in [2.24, 2.45) is 7.05 Å². The predicted molar refractivity (Wildman–Crippen MR) is 104 cm³/mol. The van der Waals surface area contributed by atoms with Gasteiger partial charge >= 0.3 is 0 Å². The van der Waals surface area contributed by atoms with Gasteiger partial charge in [-0.3, -0.25) is 9.59 Å². The van der Waals surface area contributed by atoms with Crippen molar-refractivity contribution in [3.05, 3.63) is 46.4 Å². The number of nitrogens with zero attached hydrogens (tertiary/aromatic N) is 2. The van der Waals surface area contributed by atoms with E-state index in [4.69, 9.17) is 0 Å². The van der Waals surface area contributed by atoms with E-state index in [-0.39, 0.29) is 23.9 Å². The molecule has 140 valence electrons. The van der Waals surface area contributed by atoms with Gasteiger partial charge in [0.25, 0.3) is 0 Å². The number of thiophene rings is 1. The Morgan fingerprint density at radius 3 is 2.77 bits per heavy atom. The maximum absolute atomic E-state index is 13.2. The average molecular weight is 374 g/mol. The molecule has 3 rings (SSSR count). The third kappa shape index (κ3) is 4.36. The highest BCUT2D eigenvalue weighted by Gasteiger charge is 2.30. The van der Waals surface area contributed by atoms with Crippen molar-refractivity contribution in [3.63, 3.8) is 0 Å². The van der Waals surface area contributed by atoms with Crippen LogP contribution in [0.15, 0.2) is 35.8 Å². The van der Waals surface area contributed by atoms with Gasteiger partial charge in [-0.1, -0.05) is 18.9 Å². The highest BCUT2D eigenvalue weighted by atomic mass is 32.1. The van der Waals surface area contributed by atoms with Gasteiger partial charge in [0.2, 0.25) is 11.8 Å². The molecule has 0 radical (unpaired) electrons. The molecular weight excluding hydrogens is 346 g/mol. The number of aromatic nitrogens is 1. The number of amides is 2. The van der Waals surface area contributed by atoms with Crippen LogP contribution < -0.4 is 5.32 Å². The van der Waals surface area contributed by atoms with E-state index in [1.807, 2.05) is 41.7 Å². The van der Waals surface area contributed by atoms with Crippen molar-refractivity contribution in [2.45, 2.75) is 51.1 Å². The molecule has 2 atom stereocenters. The zero-order chi connectivity index (χ0) is 18.5. The Balaban J connectivity index is 1.80. The standard InChI is InChI=1S/C20H27N3O2S/c1-15(24)21-16(19-10-7-13-26-19)14-20(25)23-12-5-3-4-8-18(23)17-9-6-11-22(17)2/h6-7,9-11,13,16,18H,3-5,8,12,14H2,1-2H3,(H,21,24). The van der Waals surface area contributed by atoms with Crippen molar-refractivity contribution in [1.29, 1.82) is 0 Å². The molecule has 26 heavy (non-hydrogen) atoms. The van der Waals surface area contributed by atoms with Gasteiger partial charge in [-0.05, 0) is 36.4 Å². The van der Waals surface area contributed by atoms with E-state index >= 15 is 0 Å². The third-order valence-corrected chi connectivity index (χ3v) is 6.03. The highest BCUT2D eigenvalue weighted by molar-refractivity contribution is 7.10. The smallest absolute Gasteiger partial charge is 0.225 e. The minimum Gasteiger partial charge on any atom is -0.353 e. The number of hydrogen-bond donors (Lipinski definition) is 1. The summed E-state index contributed by atoms with van der Waals surface area (Å²) in [6, 6.07) is 7.95. The van der Waals surface area contributed by atoms with Gasteiger partial charge in [0.1, 0.15) is 0 Å². The molecule has 1 aliphatic heterocycles. The summed E-state index contributed by atoms with van der Waals surface area (Å²) >= 11 is 1.58. The van der Waals surface area contributed by atoms with E-state index < -0.39 is 0 Å². The maximum atomic E-state index is 13.2. The minimum atomic E-state index is -0.252. The van der Waals surface area contributed by atoms with E-state index in [1.165, 1.54) is 12.6 Å². The van der Waals surface area contributed by atoms with Gasteiger partial charge in [0, 0.05) is 37.3 Å². The van der Waals surface area contributed by atoms with Crippen molar-refractivity contribution < 1.29 is 9.59 Å². The van der Waals surface area contributed by atoms with E-state index in [9.17, 15) is 9.59 Å². The second kappa shape index (κ2) is 8.54. The van der Waals surface area contributed by atoms with E-state index in [2.05, 4.69) is 16.0 Å². The fourth-order valence-electron chi connectivity index (χ4n) is 3.78. The fourth-order valence-corrected chi connectivity index (χ4v) is 4.56. The summed E-state index contributed by atoms with van der Waals surface area (Å²) in [5, 5.41) is 4.93. The van der Waals surface area contributed by atoms with Crippen LogP contribution in [0.4, 0.5) is 0 Å². The van der Waals surface area contributed by atoms with Crippen LogP contribution >= 0.6 is 11.3 Å². The van der Waals surface area contributed by atoms with Crippen LogP contribution in [0.2, 0.25) is 0 Å². The zero-order valence-corrected chi connectivity index (χ0v) is 16.3. The summed E-state index contributed by atoms with van der Waals surface area (Å²) in [4.78, 5) is 27.9. The maximum Gasteiger partial charge on any atom is 0.225 e. The molecule has 0 saturated carbocycles. The summed E-state index contributed by atoms with van der Waals surface area (Å²) in [6.07, 6.45) is 6.67. The second-order valence-corrected chi connectivity index (χ2v) is 7.95. The summed E-state index contributed by atoms with van der Waals surface area (Å²) in [7, 11) is 2.04. The summed E-state index contributed by atoms with van der Waals surface area (Å²) in [5.41, 5.74) is 1.19. The van der Waals surface area contributed by atoms with E-state index in [1.54, 1.807) is 11.3 Å². The molecule has 0 bridgehead atoms. The van der Waals surface area contributed by atoms with Crippen LogP contribution in [0, 0.1) is 0 Å². The molecule has 1 fully saturated rings. The second-order valence-electron chi connectivity index (χ2n) is 6.97. The van der Waals surface area contributed by atoms with Gasteiger partial charge in [-0.25, -0.2) is 0 Å². The van der Waals surface area contributed by atoms with E-state index in [0.29, 0.717) is 6.42 Å². The summed E-state index contributed by atoms with van der Waals surface area (Å²) < 4.78 is 2.11. The normalized spacial score (nSPS) is 19.0. The molecule has 0 aliphatic carbocycles. The molecule has 0 spiro atoms. The number of carbonyl (C=O) groups is 2. The Bertz CT molecular complexity index is 738. The van der Waals surface area contributed by atoms with Gasteiger partial charge in [-0.15, -0.1) is 11.3 Å². The SMILES string of the molecule is CC(=O)NC(CC(=O)N1CCCCCC1c1cccn1C)c1cccs1. The molecule has 5 nitrogen and oxygen atoms in total. The van der Waals surface area contributed by atoms with Crippen molar-refractivity contribution in [3.8, 4) is 0 Å². The number of rotatable bonds is 5. The monoisotopic (exact) mass is 373 g/mol. The Kier molecular flexibility index (Phi) is 6.14. The predicted octanol–water partition coefficient (Wildman–Crippen LogP) is 3.80. The first-order chi connectivity index (χ1) is 12.6. The van der Waals surface area contributed by atoms with Crippen molar-refractivity contribution in [1.82, 2.24) is 14.8 Å². The number of carbonyl (C=O) groups excluding carboxylic acids is 2. The quantitative estimate of drug-likeness (QED) is 0.867. The summed E-state index contributed by atoms with van der Waals surface area (Å²) in [5.74, 6) is 0.0105. The summed E-state index contributed by atoms with van der Waals surface area (Å²) in [6.45, 7) is 2.29. The Morgan fingerprint density at radius 1 is 1.27 bits per heavy atom. The van der Waals surface area contributed by atoms with Crippen molar-refractivity contribution in [2.75, 3.05) is 6.54 Å². The average Bonchev–Trinajstić information content (AvgIpc) is 3.21. The molecule has 2 amide bonds. The molecule has 2 unspecified atom stereocenters. The molecule has 1 saturated heterocycles. The van der Waals surface area contributed by atoms with Crippen LogP contribution in [-0.2, 0) is 16.6 Å². The lowest BCUT2D eigenvalue weighted by Crippen LogP contribution is -2.38. The Hall–Kier alpha value is -2.08. The topological polar surface area (TPSA) is 54.3 Å². The molecule has 6 heteroatoms. The van der Waals surface area contributed by atoms with Crippen LogP contribution in [0.25, 0.3) is 0 Å². The van der Waals surface area contributed by atoms with Crippen molar-refractivity contribution >= 4 is 23.2 Å². The van der Waals surface area contributed by atoms with Crippen LogP contribution in [0.1, 0.15) is 61.7 Å². The molecule has 2 aromatic heterocycles. The first-order valence-electron chi connectivity index (χ1n) is 9.27. The Labute approximate surface area is 159 Å². The van der Waals surface area contributed by atoms with Gasteiger partial charge < -0.3 is 14.8 Å². The molecule has 1 N–H and O–H groups in total. The van der Waals surface area contributed by atoms with Gasteiger partial charge in [0.05, 0.1) is 18.5 Å². The minimum absolute atomic E-state index is 0.106. The largest absolute Gasteiger partial charge is 0.353 e. The van der Waals surface area contributed by atoms with E-state index in [0.717, 1.165) is 37.1 Å². The van der Waals surface area contributed by atoms with Crippen LogP contribution in [-0.4, -0.2) is 27.8 Å². The Morgan fingerprint density at radius 2 is 2.12 bits per heavy atom. The van der Waals surface area contributed by atoms with Crippen LogP contribution in [0.5, 0.6) is 0 Å². The molecule has 2 aromatic rings. The zero-order valence-electron chi connectivity index (χ0n) is 15.5. The molecule has 1 aliphatic rings. The number of aryl methyl sites for hydroxylation is 1. The number of likely N-dealkylation sites (tertiary alicyclic amines) is 1.